The number of aliphatic hydroxyl groups excluding tert-OH is 2. The Morgan fingerprint density at radius 3 is 2.33 bits per heavy atom. The van der Waals surface area contributed by atoms with Crippen molar-refractivity contribution in [2.45, 2.75) is 30.1 Å². The van der Waals surface area contributed by atoms with Gasteiger partial charge >= 0.3 is 11.9 Å². The predicted octanol–water partition coefficient (Wildman–Crippen LogP) is -2.14. The molecular weight excluding hydrogens is 282 g/mol. The molecule has 1 aliphatic carbocycles. The lowest BCUT2D eigenvalue weighted by Crippen LogP contribution is -2.64. The number of hydrogen-bond donors (Lipinski definition) is 4. The van der Waals surface area contributed by atoms with Crippen LogP contribution in [0.4, 0.5) is 0 Å². The van der Waals surface area contributed by atoms with Gasteiger partial charge in [-0.3, -0.25) is 5.73 Å². The molecule has 8 heteroatoms. The number of rotatable bonds is 0. The van der Waals surface area contributed by atoms with Gasteiger partial charge < -0.3 is 24.8 Å². The molecule has 0 amide bonds. The van der Waals surface area contributed by atoms with E-state index in [0.29, 0.717) is 5.56 Å². The Morgan fingerprint density at radius 1 is 1.10 bits per heavy atom. The lowest BCUT2D eigenvalue weighted by Gasteiger charge is -2.40. The molecule has 5 N–H and O–H groups in total. The molecule has 0 bridgehead atoms. The van der Waals surface area contributed by atoms with Gasteiger partial charge in [-0.25, -0.2) is 9.59 Å². The fraction of sp³-hybridized carbons (Fsp3) is 0.385. The summed E-state index contributed by atoms with van der Waals surface area (Å²) in [6.07, 6.45) is -4.51. The number of esters is 2. The summed E-state index contributed by atoms with van der Waals surface area (Å²) in [7, 11) is 0. The lowest BCUT2D eigenvalue weighted by molar-refractivity contribution is -0.302. The van der Waals surface area contributed by atoms with Crippen molar-refractivity contribution >= 4 is 11.9 Å². The highest BCUT2D eigenvalue weighted by molar-refractivity contribution is 5.86. The second-order valence-electron chi connectivity index (χ2n) is 5.09. The van der Waals surface area contributed by atoms with Gasteiger partial charge in [-0.1, -0.05) is 24.3 Å². The predicted molar refractivity (Wildman–Crippen MR) is 65.2 cm³/mol. The summed E-state index contributed by atoms with van der Waals surface area (Å²) < 4.78 is 9.79. The fourth-order valence-electron chi connectivity index (χ4n) is 2.59. The van der Waals surface area contributed by atoms with E-state index in [-0.39, 0.29) is 12.0 Å². The van der Waals surface area contributed by atoms with Gasteiger partial charge in [-0.15, -0.1) is 0 Å². The van der Waals surface area contributed by atoms with E-state index in [0.717, 1.165) is 0 Å². The van der Waals surface area contributed by atoms with Gasteiger partial charge in [0.05, 0.1) is 0 Å². The van der Waals surface area contributed by atoms with Gasteiger partial charge in [-0.05, 0) is 5.56 Å². The van der Waals surface area contributed by atoms with Gasteiger partial charge in [0.1, 0.15) is 0 Å². The maximum absolute atomic E-state index is 11.8. The Bertz CT molecular complexity index is 633. The third kappa shape index (κ3) is 1.77. The second-order valence-corrected chi connectivity index (χ2v) is 5.09. The molecule has 112 valence electrons. The van der Waals surface area contributed by atoms with Crippen LogP contribution in [0.1, 0.15) is 11.1 Å². The smallest absolute Gasteiger partial charge is 0.341 e. The van der Waals surface area contributed by atoms with Crippen LogP contribution in [0.15, 0.2) is 24.3 Å². The highest BCUT2D eigenvalue weighted by atomic mass is 16.7. The van der Waals surface area contributed by atoms with Crippen LogP contribution in [-0.4, -0.2) is 45.3 Å². The summed E-state index contributed by atoms with van der Waals surface area (Å²) in [6, 6.07) is 6.43. The molecule has 1 fully saturated rings. The quantitative estimate of drug-likeness (QED) is 0.398. The first-order chi connectivity index (χ1) is 9.78. The maximum Gasteiger partial charge on any atom is 0.341 e. The number of fused-ring (bicyclic) bond motifs is 3. The van der Waals surface area contributed by atoms with Gasteiger partial charge in [0.2, 0.25) is 0 Å². The molecule has 8 nitrogen and oxygen atoms in total. The molecule has 0 radical (unpaired) electrons. The van der Waals surface area contributed by atoms with Crippen molar-refractivity contribution in [2.75, 3.05) is 0 Å². The Balaban J connectivity index is 2.14. The van der Waals surface area contributed by atoms with Gasteiger partial charge in [0.25, 0.3) is 11.5 Å². The number of ether oxygens (including phenoxy) is 2. The van der Waals surface area contributed by atoms with Crippen LogP contribution in [0.2, 0.25) is 0 Å². The number of benzene rings is 1. The van der Waals surface area contributed by atoms with Crippen molar-refractivity contribution in [2.24, 2.45) is 5.73 Å². The van der Waals surface area contributed by atoms with Crippen molar-refractivity contribution < 1.29 is 34.4 Å². The monoisotopic (exact) mass is 295 g/mol. The normalized spacial score (nSPS) is 38.7. The third-order valence-corrected chi connectivity index (χ3v) is 3.74. The van der Waals surface area contributed by atoms with Crippen molar-refractivity contribution in [3.05, 3.63) is 35.4 Å². The average Bonchev–Trinajstić information content (AvgIpc) is 2.64. The first kappa shape index (κ1) is 14.0. The fourth-order valence-corrected chi connectivity index (χ4v) is 2.59. The van der Waals surface area contributed by atoms with Crippen molar-refractivity contribution in [1.29, 1.82) is 0 Å². The van der Waals surface area contributed by atoms with E-state index in [4.69, 9.17) is 15.2 Å². The summed E-state index contributed by atoms with van der Waals surface area (Å²) in [4.78, 5) is 23.5. The Morgan fingerprint density at radius 2 is 1.67 bits per heavy atom. The molecule has 2 aliphatic rings. The molecular formula is C13H13NO7. The van der Waals surface area contributed by atoms with Crippen LogP contribution in [-0.2, 0) is 31.2 Å². The molecule has 4 atom stereocenters. The zero-order chi connectivity index (χ0) is 15.4. The molecule has 1 saturated heterocycles. The SMILES string of the molecule is NC12OC(=O)C(O)C(O)C(=O)OC1(O)Cc1ccccc12. The summed E-state index contributed by atoms with van der Waals surface area (Å²) in [6.45, 7) is 0. The molecule has 1 aromatic carbocycles. The molecule has 4 unspecified atom stereocenters. The maximum atomic E-state index is 11.8. The zero-order valence-corrected chi connectivity index (χ0v) is 10.7. The molecule has 0 saturated carbocycles. The van der Waals surface area contributed by atoms with Crippen molar-refractivity contribution in [1.82, 2.24) is 0 Å². The Kier molecular flexibility index (Phi) is 2.82. The molecule has 1 aliphatic heterocycles. The minimum atomic E-state index is -2.36. The Hall–Kier alpha value is -2.00. The van der Waals surface area contributed by atoms with E-state index in [1.807, 2.05) is 0 Å². The van der Waals surface area contributed by atoms with Crippen LogP contribution >= 0.6 is 0 Å². The van der Waals surface area contributed by atoms with E-state index in [1.165, 1.54) is 6.07 Å². The summed E-state index contributed by atoms with van der Waals surface area (Å²) in [5.74, 6) is -5.04. The Labute approximate surface area is 118 Å². The first-order valence-electron chi connectivity index (χ1n) is 6.20. The minimum Gasteiger partial charge on any atom is -0.430 e. The highest BCUT2D eigenvalue weighted by Crippen LogP contribution is 2.45. The average molecular weight is 295 g/mol. The first-order valence-corrected chi connectivity index (χ1v) is 6.20. The van der Waals surface area contributed by atoms with E-state index in [1.54, 1.807) is 18.2 Å². The van der Waals surface area contributed by atoms with Crippen LogP contribution in [0.25, 0.3) is 0 Å². The lowest BCUT2D eigenvalue weighted by atomic mass is 10.0. The van der Waals surface area contributed by atoms with Crippen molar-refractivity contribution in [3.63, 3.8) is 0 Å². The van der Waals surface area contributed by atoms with E-state index in [2.05, 4.69) is 0 Å². The number of hydrogen-bond acceptors (Lipinski definition) is 8. The number of carbonyl (C=O) groups excluding carboxylic acids is 2. The largest absolute Gasteiger partial charge is 0.430 e. The molecule has 0 spiro atoms. The van der Waals surface area contributed by atoms with Crippen LogP contribution in [0, 0.1) is 0 Å². The summed E-state index contributed by atoms with van der Waals surface area (Å²) in [5.41, 5.74) is 4.61. The van der Waals surface area contributed by atoms with E-state index >= 15 is 0 Å². The topological polar surface area (TPSA) is 139 Å². The van der Waals surface area contributed by atoms with Crippen LogP contribution in [0.3, 0.4) is 0 Å². The number of nitrogens with two attached hydrogens (primary N) is 1. The van der Waals surface area contributed by atoms with Gasteiger partial charge in [-0.2, -0.15) is 0 Å². The van der Waals surface area contributed by atoms with Gasteiger partial charge in [0, 0.05) is 12.0 Å². The number of aliphatic hydroxyl groups is 3. The second kappa shape index (κ2) is 4.25. The zero-order valence-electron chi connectivity index (χ0n) is 10.7. The summed E-state index contributed by atoms with van der Waals surface area (Å²) in [5, 5.41) is 29.6. The van der Waals surface area contributed by atoms with Gasteiger partial charge in [0.15, 0.2) is 12.2 Å². The third-order valence-electron chi connectivity index (χ3n) is 3.74. The molecule has 1 heterocycles. The standard InChI is InChI=1S/C13H13NO7/c14-13-7-4-2-1-3-6(7)5-12(13,19)20-10(17)8(15)9(16)11(18)21-13/h1-4,8-9,15-16,19H,5,14H2. The number of carbonyl (C=O) groups is 2. The highest BCUT2D eigenvalue weighted by Gasteiger charge is 2.63. The minimum absolute atomic E-state index is 0.207. The molecule has 1 aromatic rings. The molecule has 21 heavy (non-hydrogen) atoms. The van der Waals surface area contributed by atoms with Crippen LogP contribution < -0.4 is 5.73 Å². The molecule has 3 rings (SSSR count). The summed E-state index contributed by atoms with van der Waals surface area (Å²) >= 11 is 0. The van der Waals surface area contributed by atoms with Crippen molar-refractivity contribution in [3.8, 4) is 0 Å². The van der Waals surface area contributed by atoms with E-state index in [9.17, 15) is 24.9 Å². The van der Waals surface area contributed by atoms with Crippen LogP contribution in [0.5, 0.6) is 0 Å². The van der Waals surface area contributed by atoms with E-state index < -0.39 is 35.7 Å². The molecule has 0 aromatic heterocycles.